The van der Waals surface area contributed by atoms with Crippen molar-refractivity contribution in [3.63, 3.8) is 0 Å². The molecule has 1 aliphatic heterocycles. The topological polar surface area (TPSA) is 38.5 Å². The smallest absolute Gasteiger partial charge is 0.121 e. The van der Waals surface area contributed by atoms with Crippen molar-refractivity contribution in [3.05, 3.63) is 53.1 Å². The Kier molecular flexibility index (Phi) is 9.34. The molecule has 0 amide bonds. The Hall–Kier alpha value is -1.000. The fraction of sp³-hybridized carbons (Fsp3) is 0.444. The Bertz CT molecular complexity index is 512. The monoisotopic (exact) mass is 356 g/mol. The van der Waals surface area contributed by atoms with Crippen LogP contribution in [0.4, 0.5) is 0 Å². The Morgan fingerprint density at radius 2 is 1.96 bits per heavy atom. The molecule has 0 atom stereocenters. The number of nitrogens with two attached hydrogens (primary N) is 1. The largest absolute Gasteiger partial charge is 0.490 e. The first kappa shape index (κ1) is 20.0. The molecule has 1 saturated heterocycles. The molecule has 0 saturated carbocycles. The minimum Gasteiger partial charge on any atom is -0.490 e. The Balaban J connectivity index is 0.000000463. The number of allylic oxidation sites excluding steroid dienone is 2. The van der Waals surface area contributed by atoms with Crippen LogP contribution in [0.15, 0.2) is 43.0 Å². The molecule has 0 bridgehead atoms. The van der Waals surface area contributed by atoms with Gasteiger partial charge in [-0.2, -0.15) is 0 Å². The van der Waals surface area contributed by atoms with Crippen molar-refractivity contribution in [2.75, 3.05) is 26.2 Å². The van der Waals surface area contributed by atoms with Crippen molar-refractivity contribution >= 4 is 23.2 Å². The molecule has 1 fully saturated rings. The zero-order valence-electron chi connectivity index (χ0n) is 13.7. The molecular weight excluding hydrogens is 331 g/mol. The lowest BCUT2D eigenvalue weighted by molar-refractivity contribution is 0.102. The zero-order chi connectivity index (χ0) is 17.2. The van der Waals surface area contributed by atoms with E-state index in [0.29, 0.717) is 10.0 Å². The number of benzene rings is 1. The molecule has 23 heavy (non-hydrogen) atoms. The number of rotatable bonds is 5. The van der Waals surface area contributed by atoms with E-state index in [4.69, 9.17) is 33.7 Å². The fourth-order valence-electron chi connectivity index (χ4n) is 2.18. The molecule has 1 aromatic carbocycles. The maximum Gasteiger partial charge on any atom is 0.121 e. The van der Waals surface area contributed by atoms with E-state index in [0.717, 1.165) is 50.3 Å². The normalized spacial score (nSPS) is 15.5. The summed E-state index contributed by atoms with van der Waals surface area (Å²) in [5, 5.41) is 1.09. The molecular formula is C18H26Cl2N2O. The van der Waals surface area contributed by atoms with Crippen LogP contribution in [-0.2, 0) is 0 Å². The van der Waals surface area contributed by atoms with Crippen LogP contribution in [0.3, 0.4) is 0 Å². The highest BCUT2D eigenvalue weighted by Crippen LogP contribution is 2.28. The SMILES string of the molecule is C=CC(=C)C.NCCN1CCC(Oc2ccc(Cl)c(Cl)c2)CC1. The third-order valence-electron chi connectivity index (χ3n) is 3.52. The highest BCUT2D eigenvalue weighted by atomic mass is 35.5. The summed E-state index contributed by atoms with van der Waals surface area (Å²) in [5.74, 6) is 0.793. The summed E-state index contributed by atoms with van der Waals surface area (Å²) in [7, 11) is 0. The van der Waals surface area contributed by atoms with Crippen LogP contribution in [0, 0.1) is 0 Å². The van der Waals surface area contributed by atoms with Gasteiger partial charge in [0, 0.05) is 32.2 Å². The predicted molar refractivity (Wildman–Crippen MR) is 101 cm³/mol. The van der Waals surface area contributed by atoms with Crippen molar-refractivity contribution in [2.24, 2.45) is 5.73 Å². The number of piperidine rings is 1. The Labute approximate surface area is 149 Å². The molecule has 1 aromatic rings. The van der Waals surface area contributed by atoms with Gasteiger partial charge in [0.25, 0.3) is 0 Å². The molecule has 128 valence electrons. The van der Waals surface area contributed by atoms with Gasteiger partial charge >= 0.3 is 0 Å². The van der Waals surface area contributed by atoms with E-state index < -0.39 is 0 Å². The number of hydrogen-bond donors (Lipinski definition) is 1. The number of nitrogens with zero attached hydrogens (tertiary/aromatic N) is 1. The minimum atomic E-state index is 0.260. The minimum absolute atomic E-state index is 0.260. The van der Waals surface area contributed by atoms with Gasteiger partial charge in [-0.3, -0.25) is 0 Å². The lowest BCUT2D eigenvalue weighted by Gasteiger charge is -2.31. The maximum atomic E-state index is 5.96. The zero-order valence-corrected chi connectivity index (χ0v) is 15.2. The van der Waals surface area contributed by atoms with Crippen LogP contribution in [0.25, 0.3) is 0 Å². The summed E-state index contributed by atoms with van der Waals surface area (Å²) in [6, 6.07) is 5.40. The highest BCUT2D eigenvalue weighted by Gasteiger charge is 2.20. The first-order chi connectivity index (χ1) is 11.0. The summed E-state index contributed by atoms with van der Waals surface area (Å²) >= 11 is 11.8. The van der Waals surface area contributed by atoms with Crippen LogP contribution in [0.1, 0.15) is 19.8 Å². The first-order valence-corrected chi connectivity index (χ1v) is 8.54. The van der Waals surface area contributed by atoms with Crippen LogP contribution in [0.2, 0.25) is 10.0 Å². The second-order valence-electron chi connectivity index (χ2n) is 5.57. The third-order valence-corrected chi connectivity index (χ3v) is 4.26. The van der Waals surface area contributed by atoms with Crippen LogP contribution >= 0.6 is 23.2 Å². The average Bonchev–Trinajstić information content (AvgIpc) is 2.54. The molecule has 0 aromatic heterocycles. The lowest BCUT2D eigenvalue weighted by Crippen LogP contribution is -2.40. The van der Waals surface area contributed by atoms with Gasteiger partial charge in [-0.05, 0) is 31.9 Å². The van der Waals surface area contributed by atoms with Gasteiger partial charge in [0.2, 0.25) is 0 Å². The van der Waals surface area contributed by atoms with Gasteiger partial charge in [-0.25, -0.2) is 0 Å². The number of likely N-dealkylation sites (tertiary alicyclic amines) is 1. The summed E-state index contributed by atoms with van der Waals surface area (Å²) in [5.41, 5.74) is 6.57. The molecule has 0 radical (unpaired) electrons. The van der Waals surface area contributed by atoms with Crippen molar-refractivity contribution in [1.82, 2.24) is 4.90 Å². The second-order valence-corrected chi connectivity index (χ2v) is 6.39. The van der Waals surface area contributed by atoms with E-state index in [9.17, 15) is 0 Å². The van der Waals surface area contributed by atoms with Gasteiger partial charge in [0.15, 0.2) is 0 Å². The molecule has 1 aliphatic rings. The number of halogens is 2. The lowest BCUT2D eigenvalue weighted by atomic mass is 10.1. The molecule has 2 rings (SSSR count). The van der Waals surface area contributed by atoms with Crippen LogP contribution in [-0.4, -0.2) is 37.2 Å². The summed E-state index contributed by atoms with van der Waals surface area (Å²) in [6.07, 6.45) is 4.04. The van der Waals surface area contributed by atoms with Gasteiger partial charge < -0.3 is 15.4 Å². The molecule has 3 nitrogen and oxygen atoms in total. The van der Waals surface area contributed by atoms with Crippen LogP contribution < -0.4 is 10.5 Å². The summed E-state index contributed by atoms with van der Waals surface area (Å²) < 4.78 is 5.92. The molecule has 1 heterocycles. The molecule has 0 aliphatic carbocycles. The molecule has 0 unspecified atom stereocenters. The summed E-state index contributed by atoms with van der Waals surface area (Å²) in [6.45, 7) is 12.7. The van der Waals surface area contributed by atoms with Gasteiger partial charge in [0.1, 0.15) is 11.9 Å². The van der Waals surface area contributed by atoms with E-state index in [1.54, 1.807) is 18.2 Å². The van der Waals surface area contributed by atoms with Crippen molar-refractivity contribution < 1.29 is 4.74 Å². The fourth-order valence-corrected chi connectivity index (χ4v) is 2.46. The van der Waals surface area contributed by atoms with E-state index >= 15 is 0 Å². The first-order valence-electron chi connectivity index (χ1n) is 7.78. The van der Waals surface area contributed by atoms with Crippen molar-refractivity contribution in [2.45, 2.75) is 25.9 Å². The van der Waals surface area contributed by atoms with E-state index in [-0.39, 0.29) is 6.10 Å². The van der Waals surface area contributed by atoms with E-state index in [2.05, 4.69) is 18.1 Å². The van der Waals surface area contributed by atoms with E-state index in [1.165, 1.54) is 0 Å². The predicted octanol–water partition coefficient (Wildman–Crippen LogP) is 4.54. The second kappa shape index (κ2) is 10.7. The highest BCUT2D eigenvalue weighted by molar-refractivity contribution is 6.42. The number of ether oxygens (including phenoxy) is 1. The molecule has 5 heteroatoms. The molecule has 0 spiro atoms. The van der Waals surface area contributed by atoms with Crippen molar-refractivity contribution in [1.29, 1.82) is 0 Å². The number of hydrogen-bond acceptors (Lipinski definition) is 3. The Morgan fingerprint density at radius 3 is 2.43 bits per heavy atom. The van der Waals surface area contributed by atoms with Gasteiger partial charge in [-0.15, -0.1) is 0 Å². The average molecular weight is 357 g/mol. The van der Waals surface area contributed by atoms with Gasteiger partial charge in [-0.1, -0.05) is 48.0 Å². The third kappa shape index (κ3) is 7.89. The maximum absolute atomic E-state index is 5.96. The van der Waals surface area contributed by atoms with E-state index in [1.807, 2.05) is 13.0 Å². The molecule has 2 N–H and O–H groups in total. The van der Waals surface area contributed by atoms with Crippen molar-refractivity contribution in [3.8, 4) is 5.75 Å². The van der Waals surface area contributed by atoms with Crippen LogP contribution in [0.5, 0.6) is 5.75 Å². The quantitative estimate of drug-likeness (QED) is 0.786. The standard InChI is InChI=1S/C13H18Cl2N2O.C5H8/c14-12-2-1-11(9-13(12)15)18-10-3-6-17(7-4-10)8-5-16;1-4-5(2)3/h1-2,9-10H,3-8,16H2;4H,1-2H2,3H3. The van der Waals surface area contributed by atoms with Gasteiger partial charge in [0.05, 0.1) is 10.0 Å². The Morgan fingerprint density at radius 1 is 1.35 bits per heavy atom. The summed E-state index contributed by atoms with van der Waals surface area (Å²) in [4.78, 5) is 2.37.